The maximum Gasteiger partial charge on any atom is 0.470 e. The summed E-state index contributed by atoms with van der Waals surface area (Å²) in [4.78, 5) is 1.99. The smallest absolute Gasteiger partial charge is 0.416 e. The first kappa shape index (κ1) is 16.9. The molecule has 138 valence electrons. The summed E-state index contributed by atoms with van der Waals surface area (Å²) in [6.45, 7) is 3.49. The number of alkyl halides is 3. The van der Waals surface area contributed by atoms with Gasteiger partial charge in [0, 0.05) is 5.92 Å². The Morgan fingerprint density at radius 2 is 1.88 bits per heavy atom. The highest BCUT2D eigenvalue weighted by Crippen LogP contribution is 2.29. The Morgan fingerprint density at radius 3 is 2.58 bits per heavy atom. The molecule has 4 heterocycles. The topological polar surface area (TPSA) is 85.2 Å². The number of likely N-dealkylation sites (tertiary alicyclic amines) is 1. The summed E-state index contributed by atoms with van der Waals surface area (Å²) in [6.07, 6.45) is -3.01. The van der Waals surface area contributed by atoms with Crippen molar-refractivity contribution in [3.63, 3.8) is 0 Å². The van der Waals surface area contributed by atoms with Gasteiger partial charge in [0.05, 0.1) is 12.2 Å². The number of fused-ring (bicyclic) bond motifs is 1. The Kier molecular flexibility index (Phi) is 4.10. The van der Waals surface area contributed by atoms with Crippen LogP contribution < -0.4 is 0 Å². The predicted molar refractivity (Wildman–Crippen MR) is 82.1 cm³/mol. The second kappa shape index (κ2) is 6.31. The Labute approximate surface area is 146 Å². The van der Waals surface area contributed by atoms with Crippen LogP contribution >= 0.6 is 0 Å². The van der Waals surface area contributed by atoms with Crippen molar-refractivity contribution < 1.29 is 17.6 Å². The quantitative estimate of drug-likeness (QED) is 0.702. The predicted octanol–water partition coefficient (Wildman–Crippen LogP) is 2.21. The van der Waals surface area contributed by atoms with E-state index < -0.39 is 12.1 Å². The van der Waals surface area contributed by atoms with Crippen LogP contribution in [-0.4, -0.2) is 48.0 Å². The van der Waals surface area contributed by atoms with Crippen LogP contribution in [0.25, 0.3) is 5.65 Å². The number of hydrogen-bond donors (Lipinski definition) is 0. The van der Waals surface area contributed by atoms with E-state index in [1.54, 1.807) is 4.52 Å². The van der Waals surface area contributed by atoms with Gasteiger partial charge in [0.2, 0.25) is 5.89 Å². The fourth-order valence-corrected chi connectivity index (χ4v) is 3.12. The monoisotopic (exact) mass is 367 g/mol. The van der Waals surface area contributed by atoms with Gasteiger partial charge in [0.1, 0.15) is 0 Å². The molecule has 1 fully saturated rings. The van der Waals surface area contributed by atoms with Crippen LogP contribution in [0.4, 0.5) is 13.2 Å². The van der Waals surface area contributed by atoms with Gasteiger partial charge in [0.15, 0.2) is 11.5 Å². The Morgan fingerprint density at radius 1 is 1.12 bits per heavy atom. The van der Waals surface area contributed by atoms with Gasteiger partial charge in [-0.1, -0.05) is 0 Å². The fourth-order valence-electron chi connectivity index (χ4n) is 3.12. The normalized spacial score (nSPS) is 17.2. The first-order valence-electron chi connectivity index (χ1n) is 8.21. The summed E-state index contributed by atoms with van der Waals surface area (Å²) in [5.41, 5.74) is 1.59. The summed E-state index contributed by atoms with van der Waals surface area (Å²) in [6, 6.07) is 3.76. The van der Waals surface area contributed by atoms with E-state index in [0.717, 1.165) is 24.4 Å². The van der Waals surface area contributed by atoms with E-state index in [1.165, 1.54) is 0 Å². The molecule has 0 spiro atoms. The minimum absolute atomic E-state index is 0.0269. The molecule has 8 nitrogen and oxygen atoms in total. The summed E-state index contributed by atoms with van der Waals surface area (Å²) >= 11 is 0. The van der Waals surface area contributed by atoms with Crippen LogP contribution in [0.3, 0.4) is 0 Å². The Bertz CT molecular complexity index is 911. The molecule has 26 heavy (non-hydrogen) atoms. The largest absolute Gasteiger partial charge is 0.470 e. The second-order valence-corrected chi connectivity index (χ2v) is 6.35. The van der Waals surface area contributed by atoms with Crippen molar-refractivity contribution in [1.82, 2.24) is 34.9 Å². The molecule has 3 aromatic heterocycles. The van der Waals surface area contributed by atoms with Gasteiger partial charge < -0.3 is 4.42 Å². The molecule has 1 aliphatic rings. The molecule has 4 rings (SSSR count). The van der Waals surface area contributed by atoms with Crippen molar-refractivity contribution in [2.24, 2.45) is 0 Å². The molecule has 0 saturated carbocycles. The molecule has 11 heteroatoms. The maximum atomic E-state index is 12.5. The lowest BCUT2D eigenvalue weighted by Gasteiger charge is -2.29. The van der Waals surface area contributed by atoms with Crippen molar-refractivity contribution in [3.8, 4) is 0 Å². The molecule has 0 aliphatic carbocycles. The van der Waals surface area contributed by atoms with E-state index in [1.807, 2.05) is 24.0 Å². The van der Waals surface area contributed by atoms with Gasteiger partial charge in [-0.05, 0) is 45.0 Å². The SMILES string of the molecule is Cc1ccc2nnc(C3CCN(Cc4nnc(C(F)(F)F)o4)CC3)n2n1. The van der Waals surface area contributed by atoms with E-state index in [-0.39, 0.29) is 18.4 Å². The van der Waals surface area contributed by atoms with E-state index in [9.17, 15) is 13.2 Å². The number of aryl methyl sites for hydroxylation is 1. The molecule has 3 aromatic rings. The van der Waals surface area contributed by atoms with Gasteiger partial charge in [0.25, 0.3) is 0 Å². The van der Waals surface area contributed by atoms with Gasteiger partial charge in [-0.3, -0.25) is 4.90 Å². The van der Waals surface area contributed by atoms with Crippen molar-refractivity contribution in [2.75, 3.05) is 13.1 Å². The third-order valence-electron chi connectivity index (χ3n) is 4.44. The zero-order valence-corrected chi connectivity index (χ0v) is 13.9. The average molecular weight is 367 g/mol. The van der Waals surface area contributed by atoms with Gasteiger partial charge in [-0.2, -0.15) is 22.8 Å². The molecule has 0 bridgehead atoms. The highest BCUT2D eigenvalue weighted by Gasteiger charge is 2.38. The third kappa shape index (κ3) is 3.26. The summed E-state index contributed by atoms with van der Waals surface area (Å²) < 4.78 is 44.0. The number of piperidine rings is 1. The van der Waals surface area contributed by atoms with Gasteiger partial charge in [-0.25, -0.2) is 0 Å². The van der Waals surface area contributed by atoms with Crippen molar-refractivity contribution in [1.29, 1.82) is 0 Å². The minimum atomic E-state index is -4.61. The molecule has 0 unspecified atom stereocenters. The van der Waals surface area contributed by atoms with E-state index in [4.69, 9.17) is 4.42 Å². The van der Waals surface area contributed by atoms with E-state index in [2.05, 4.69) is 25.5 Å². The van der Waals surface area contributed by atoms with Gasteiger partial charge >= 0.3 is 12.1 Å². The first-order chi connectivity index (χ1) is 12.4. The van der Waals surface area contributed by atoms with Gasteiger partial charge in [-0.15, -0.1) is 20.4 Å². The maximum absolute atomic E-state index is 12.5. The van der Waals surface area contributed by atoms with Crippen LogP contribution in [0.5, 0.6) is 0 Å². The van der Waals surface area contributed by atoms with E-state index >= 15 is 0 Å². The lowest BCUT2D eigenvalue weighted by Crippen LogP contribution is -2.33. The van der Waals surface area contributed by atoms with Crippen LogP contribution in [0, 0.1) is 6.92 Å². The zero-order chi connectivity index (χ0) is 18.3. The molecular weight excluding hydrogens is 351 g/mol. The standard InChI is InChI=1S/C15H16F3N7O/c1-9-2-3-11-19-21-13(25(11)23-9)10-4-6-24(7-5-10)8-12-20-22-14(26-12)15(16,17)18/h2-3,10H,4-8H2,1H3. The molecule has 0 aromatic carbocycles. The summed E-state index contributed by atoms with van der Waals surface area (Å²) in [5, 5.41) is 19.4. The minimum Gasteiger partial charge on any atom is -0.416 e. The zero-order valence-electron chi connectivity index (χ0n) is 13.9. The van der Waals surface area contributed by atoms with Crippen molar-refractivity contribution >= 4 is 5.65 Å². The summed E-state index contributed by atoms with van der Waals surface area (Å²) in [5.74, 6) is -0.316. The first-order valence-corrected chi connectivity index (χ1v) is 8.21. The third-order valence-corrected chi connectivity index (χ3v) is 4.44. The van der Waals surface area contributed by atoms with Crippen LogP contribution in [0.1, 0.15) is 42.1 Å². The fraction of sp³-hybridized carbons (Fsp3) is 0.533. The lowest BCUT2D eigenvalue weighted by atomic mass is 9.96. The average Bonchev–Trinajstić information content (AvgIpc) is 3.22. The lowest BCUT2D eigenvalue weighted by molar-refractivity contribution is -0.157. The number of halogens is 3. The molecular formula is C15H16F3N7O. The molecule has 0 radical (unpaired) electrons. The van der Waals surface area contributed by atoms with Crippen LogP contribution in [0.2, 0.25) is 0 Å². The number of rotatable bonds is 3. The number of nitrogens with zero attached hydrogens (tertiary/aromatic N) is 7. The Hall–Kier alpha value is -2.56. The Balaban J connectivity index is 1.41. The van der Waals surface area contributed by atoms with Crippen LogP contribution in [-0.2, 0) is 12.7 Å². The van der Waals surface area contributed by atoms with Crippen LogP contribution in [0.15, 0.2) is 16.5 Å². The molecule has 0 amide bonds. The summed E-state index contributed by atoms with van der Waals surface area (Å²) in [7, 11) is 0. The number of hydrogen-bond acceptors (Lipinski definition) is 7. The second-order valence-electron chi connectivity index (χ2n) is 6.35. The highest BCUT2D eigenvalue weighted by molar-refractivity contribution is 5.36. The van der Waals surface area contributed by atoms with Crippen molar-refractivity contribution in [3.05, 3.63) is 35.4 Å². The molecule has 0 N–H and O–H groups in total. The molecule has 0 atom stereocenters. The molecule has 1 aliphatic heterocycles. The number of aromatic nitrogens is 6. The highest BCUT2D eigenvalue weighted by atomic mass is 19.4. The van der Waals surface area contributed by atoms with E-state index in [0.29, 0.717) is 18.7 Å². The van der Waals surface area contributed by atoms with Crippen molar-refractivity contribution in [2.45, 2.75) is 38.4 Å². The molecule has 1 saturated heterocycles.